The fraction of sp³-hybridized carbons (Fsp3) is 0.143. The van der Waals surface area contributed by atoms with Crippen molar-refractivity contribution in [2.75, 3.05) is 0 Å². The fourth-order valence-corrected chi connectivity index (χ4v) is 3.40. The zero-order valence-electron chi connectivity index (χ0n) is 15.6. The summed E-state index contributed by atoms with van der Waals surface area (Å²) in [6.45, 7) is 1.76. The van der Waals surface area contributed by atoms with Crippen LogP contribution in [0.25, 0.3) is 16.8 Å². The van der Waals surface area contributed by atoms with Gasteiger partial charge in [0.1, 0.15) is 5.15 Å². The summed E-state index contributed by atoms with van der Waals surface area (Å²) in [5.41, 5.74) is -0.225. The first-order valence-electron chi connectivity index (χ1n) is 8.93. The lowest BCUT2D eigenvalue weighted by Gasteiger charge is -2.13. The summed E-state index contributed by atoms with van der Waals surface area (Å²) in [4.78, 5) is 16.6. The lowest BCUT2D eigenvalue weighted by molar-refractivity contribution is -0.136. The number of hydrogen-bond acceptors (Lipinski definition) is 3. The lowest BCUT2D eigenvalue weighted by atomic mass is 10.1. The number of aromatic nitrogens is 2. The van der Waals surface area contributed by atoms with E-state index in [1.165, 1.54) is 24.8 Å². The van der Waals surface area contributed by atoms with Gasteiger partial charge >= 0.3 is 6.18 Å². The summed E-state index contributed by atoms with van der Waals surface area (Å²) >= 11 is 6.29. The summed E-state index contributed by atoms with van der Waals surface area (Å²) in [5.74, 6) is -0.668. The molecule has 0 fully saturated rings. The largest absolute Gasteiger partial charge is 0.472 e. The number of nitrogens with zero attached hydrogens (tertiary/aromatic N) is 2. The summed E-state index contributed by atoms with van der Waals surface area (Å²) in [5, 5.41) is 2.51. The van der Waals surface area contributed by atoms with E-state index in [9.17, 15) is 18.0 Å². The second kappa shape index (κ2) is 7.53. The Hall–Kier alpha value is -3.26. The summed E-state index contributed by atoms with van der Waals surface area (Å²) in [6.07, 6.45) is -0.629. The number of rotatable bonds is 4. The molecule has 1 aromatic carbocycles. The van der Waals surface area contributed by atoms with Gasteiger partial charge < -0.3 is 9.73 Å². The van der Waals surface area contributed by atoms with Crippen LogP contribution in [0.1, 0.15) is 34.6 Å². The van der Waals surface area contributed by atoms with Crippen molar-refractivity contribution in [2.24, 2.45) is 0 Å². The molecule has 0 aliphatic carbocycles. The van der Waals surface area contributed by atoms with Crippen molar-refractivity contribution in [1.82, 2.24) is 14.7 Å². The lowest BCUT2D eigenvalue weighted by Crippen LogP contribution is -2.27. The SMILES string of the molecule is CC(NC(=O)c1nc2c(C(F)(F)F)cc(-c3ccoc3)cn2c1Cl)c1ccccc1. The second-order valence-electron chi connectivity index (χ2n) is 6.70. The number of nitrogens with one attached hydrogen (secondary N) is 1. The number of hydrogen-bond donors (Lipinski definition) is 1. The molecule has 0 aliphatic heterocycles. The highest BCUT2D eigenvalue weighted by atomic mass is 35.5. The molecule has 1 unspecified atom stereocenters. The van der Waals surface area contributed by atoms with Crippen LogP contribution in [0.3, 0.4) is 0 Å². The maximum atomic E-state index is 13.7. The zero-order valence-corrected chi connectivity index (χ0v) is 16.3. The van der Waals surface area contributed by atoms with E-state index in [-0.39, 0.29) is 22.5 Å². The normalized spacial score (nSPS) is 12.8. The molecule has 5 nitrogen and oxygen atoms in total. The van der Waals surface area contributed by atoms with Crippen LogP contribution in [-0.4, -0.2) is 15.3 Å². The molecule has 0 aliphatic rings. The van der Waals surface area contributed by atoms with Crippen LogP contribution in [0.4, 0.5) is 13.2 Å². The van der Waals surface area contributed by atoms with E-state index < -0.39 is 23.3 Å². The molecule has 3 aromatic heterocycles. The van der Waals surface area contributed by atoms with Crippen molar-refractivity contribution in [3.8, 4) is 11.1 Å². The van der Waals surface area contributed by atoms with Crippen LogP contribution < -0.4 is 5.32 Å². The van der Waals surface area contributed by atoms with Crippen LogP contribution >= 0.6 is 11.6 Å². The molecule has 30 heavy (non-hydrogen) atoms. The zero-order chi connectivity index (χ0) is 21.5. The highest BCUT2D eigenvalue weighted by Gasteiger charge is 2.36. The van der Waals surface area contributed by atoms with Crippen molar-refractivity contribution in [3.63, 3.8) is 0 Å². The maximum Gasteiger partial charge on any atom is 0.420 e. The molecule has 9 heteroatoms. The summed E-state index contributed by atoms with van der Waals surface area (Å²) in [6, 6.07) is 11.2. The molecule has 1 amide bonds. The van der Waals surface area contributed by atoms with Crippen LogP contribution in [0.15, 0.2) is 65.6 Å². The molecule has 0 spiro atoms. The summed E-state index contributed by atoms with van der Waals surface area (Å²) in [7, 11) is 0. The third-order valence-electron chi connectivity index (χ3n) is 4.68. The number of benzene rings is 1. The van der Waals surface area contributed by atoms with Gasteiger partial charge in [-0.05, 0) is 24.6 Å². The molecule has 154 valence electrons. The Balaban J connectivity index is 1.78. The third kappa shape index (κ3) is 3.66. The molecule has 1 atom stereocenters. The molecule has 1 N–H and O–H groups in total. The minimum atomic E-state index is -4.69. The van der Waals surface area contributed by atoms with Crippen LogP contribution in [-0.2, 0) is 6.18 Å². The predicted molar refractivity (Wildman–Crippen MR) is 105 cm³/mol. The van der Waals surface area contributed by atoms with Crippen molar-refractivity contribution in [1.29, 1.82) is 0 Å². The third-order valence-corrected chi connectivity index (χ3v) is 5.04. The van der Waals surface area contributed by atoms with Gasteiger partial charge in [0.2, 0.25) is 0 Å². The highest BCUT2D eigenvalue weighted by Crippen LogP contribution is 2.37. The quantitative estimate of drug-likeness (QED) is 0.445. The topological polar surface area (TPSA) is 59.5 Å². The van der Waals surface area contributed by atoms with Crippen LogP contribution in [0, 0.1) is 0 Å². The Morgan fingerprint density at radius 3 is 2.57 bits per heavy atom. The van der Waals surface area contributed by atoms with Crippen molar-refractivity contribution in [3.05, 3.63) is 83.2 Å². The van der Waals surface area contributed by atoms with Gasteiger partial charge in [0.25, 0.3) is 5.91 Å². The smallest absolute Gasteiger partial charge is 0.420 e. The van der Waals surface area contributed by atoms with Gasteiger partial charge in [0.05, 0.1) is 24.1 Å². The Labute approximate surface area is 174 Å². The first-order valence-corrected chi connectivity index (χ1v) is 9.30. The van der Waals surface area contributed by atoms with E-state index in [0.29, 0.717) is 5.56 Å². The molecular formula is C21H15ClF3N3O2. The average molecular weight is 434 g/mol. The van der Waals surface area contributed by atoms with Gasteiger partial charge in [-0.1, -0.05) is 41.9 Å². The number of imidazole rings is 1. The molecule has 0 radical (unpaired) electrons. The number of alkyl halides is 3. The highest BCUT2D eigenvalue weighted by molar-refractivity contribution is 6.33. The van der Waals surface area contributed by atoms with E-state index in [1.807, 2.05) is 30.3 Å². The minimum Gasteiger partial charge on any atom is -0.472 e. The molecule has 0 bridgehead atoms. The minimum absolute atomic E-state index is 0.210. The van der Waals surface area contributed by atoms with Crippen LogP contribution in [0.2, 0.25) is 5.15 Å². The molecular weight excluding hydrogens is 419 g/mol. The monoisotopic (exact) mass is 433 g/mol. The Bertz CT molecular complexity index is 1200. The Kier molecular flexibility index (Phi) is 5.03. The standard InChI is InChI=1S/C21H15ClF3N3O2/c1-12(13-5-3-2-4-6-13)26-20(29)17-18(22)28-10-15(14-7-8-30-11-14)9-16(19(28)27-17)21(23,24)25/h2-12H,1H3,(H,26,29). The number of halogens is 4. The molecule has 4 aromatic rings. The number of carbonyl (C=O) groups is 1. The first-order chi connectivity index (χ1) is 14.3. The van der Waals surface area contributed by atoms with Crippen molar-refractivity contribution in [2.45, 2.75) is 19.1 Å². The Morgan fingerprint density at radius 1 is 1.20 bits per heavy atom. The molecule has 4 rings (SSSR count). The van der Waals surface area contributed by atoms with Crippen LogP contribution in [0.5, 0.6) is 0 Å². The van der Waals surface area contributed by atoms with Crippen molar-refractivity contribution >= 4 is 23.2 Å². The Morgan fingerprint density at radius 2 is 1.93 bits per heavy atom. The maximum absolute atomic E-state index is 13.7. The van der Waals surface area contributed by atoms with E-state index in [0.717, 1.165) is 16.0 Å². The predicted octanol–water partition coefficient (Wildman–Crippen LogP) is 5.76. The molecule has 0 saturated heterocycles. The summed E-state index contributed by atoms with van der Waals surface area (Å²) < 4.78 is 47.1. The number of furan rings is 1. The molecule has 0 saturated carbocycles. The van der Waals surface area contributed by atoms with Gasteiger partial charge in [0.15, 0.2) is 11.3 Å². The number of carbonyl (C=O) groups excluding carboxylic acids is 1. The van der Waals surface area contributed by atoms with Crippen molar-refractivity contribution < 1.29 is 22.4 Å². The van der Waals surface area contributed by atoms with E-state index in [2.05, 4.69) is 10.3 Å². The van der Waals surface area contributed by atoms with E-state index in [1.54, 1.807) is 6.92 Å². The fourth-order valence-electron chi connectivity index (χ4n) is 3.15. The van der Waals surface area contributed by atoms with Gasteiger partial charge in [0, 0.05) is 17.3 Å². The first kappa shape index (κ1) is 20.0. The van der Waals surface area contributed by atoms with E-state index in [4.69, 9.17) is 16.0 Å². The average Bonchev–Trinajstić information content (AvgIpc) is 3.36. The van der Waals surface area contributed by atoms with Gasteiger partial charge in [-0.3, -0.25) is 9.20 Å². The van der Waals surface area contributed by atoms with Gasteiger partial charge in [-0.2, -0.15) is 13.2 Å². The number of pyridine rings is 1. The van der Waals surface area contributed by atoms with Gasteiger partial charge in [-0.25, -0.2) is 4.98 Å². The van der Waals surface area contributed by atoms with Gasteiger partial charge in [-0.15, -0.1) is 0 Å². The second-order valence-corrected chi connectivity index (χ2v) is 7.06. The van der Waals surface area contributed by atoms with E-state index >= 15 is 0 Å². The number of amides is 1. The number of fused-ring (bicyclic) bond motifs is 1. The molecule has 3 heterocycles.